The molecule has 2 rings (SSSR count). The third-order valence-corrected chi connectivity index (χ3v) is 2.83. The zero-order chi connectivity index (χ0) is 13.0. The predicted octanol–water partition coefficient (Wildman–Crippen LogP) is 3.43. The fourth-order valence-electron chi connectivity index (χ4n) is 1.35. The Morgan fingerprint density at radius 2 is 2.17 bits per heavy atom. The molecule has 1 heterocycles. The maximum Gasteiger partial charge on any atom is 0.137 e. The van der Waals surface area contributed by atoms with E-state index in [0.29, 0.717) is 21.5 Å². The predicted molar refractivity (Wildman–Crippen MR) is 67.4 cm³/mol. The third-order valence-electron chi connectivity index (χ3n) is 2.22. The van der Waals surface area contributed by atoms with Crippen molar-refractivity contribution in [2.75, 3.05) is 0 Å². The number of ether oxygens (including phenoxy) is 1. The molecule has 0 N–H and O–H groups in total. The summed E-state index contributed by atoms with van der Waals surface area (Å²) in [7, 11) is 0. The molecule has 0 bridgehead atoms. The molecule has 0 fully saturated rings. The summed E-state index contributed by atoms with van der Waals surface area (Å²) >= 11 is 3.08. The van der Waals surface area contributed by atoms with Gasteiger partial charge in [-0.25, -0.2) is 4.39 Å². The van der Waals surface area contributed by atoms with Crippen LogP contribution >= 0.6 is 15.9 Å². The first-order valence-electron chi connectivity index (χ1n) is 5.12. The molecule has 2 aromatic rings. The molecule has 1 aromatic carbocycles. The largest absolute Gasteiger partial charge is 0.487 e. The van der Waals surface area contributed by atoms with E-state index in [1.54, 1.807) is 24.4 Å². The number of rotatable bonds is 3. The minimum absolute atomic E-state index is 0.230. The van der Waals surface area contributed by atoms with Crippen LogP contribution in [0.5, 0.6) is 5.75 Å². The van der Waals surface area contributed by atoms with Gasteiger partial charge in [-0.1, -0.05) is 0 Å². The summed E-state index contributed by atoms with van der Waals surface area (Å²) in [5.74, 6) is 0.194. The average molecular weight is 307 g/mol. The van der Waals surface area contributed by atoms with E-state index >= 15 is 0 Å². The van der Waals surface area contributed by atoms with Gasteiger partial charge in [0.2, 0.25) is 0 Å². The van der Waals surface area contributed by atoms with E-state index in [2.05, 4.69) is 20.9 Å². The minimum Gasteiger partial charge on any atom is -0.487 e. The zero-order valence-corrected chi connectivity index (χ0v) is 10.8. The highest BCUT2D eigenvalue weighted by atomic mass is 79.9. The molecule has 18 heavy (non-hydrogen) atoms. The van der Waals surface area contributed by atoms with E-state index in [9.17, 15) is 4.39 Å². The van der Waals surface area contributed by atoms with Gasteiger partial charge in [-0.05, 0) is 46.3 Å². The Balaban J connectivity index is 2.07. The molecule has 0 saturated heterocycles. The average Bonchev–Trinajstić information content (AvgIpc) is 2.40. The second-order valence-electron chi connectivity index (χ2n) is 3.51. The van der Waals surface area contributed by atoms with Gasteiger partial charge in [0.25, 0.3) is 0 Å². The Labute approximate surface area is 112 Å². The van der Waals surface area contributed by atoms with Gasteiger partial charge in [-0.3, -0.25) is 4.98 Å². The van der Waals surface area contributed by atoms with Crippen molar-refractivity contribution in [1.29, 1.82) is 5.26 Å². The molecular weight excluding hydrogens is 299 g/mol. The number of pyridine rings is 1. The first-order chi connectivity index (χ1) is 8.69. The van der Waals surface area contributed by atoms with Gasteiger partial charge >= 0.3 is 0 Å². The van der Waals surface area contributed by atoms with E-state index in [1.165, 1.54) is 12.1 Å². The highest BCUT2D eigenvalue weighted by Crippen LogP contribution is 2.22. The van der Waals surface area contributed by atoms with Crippen LogP contribution in [0.25, 0.3) is 0 Å². The number of hydrogen-bond acceptors (Lipinski definition) is 3. The first-order valence-corrected chi connectivity index (χ1v) is 5.91. The van der Waals surface area contributed by atoms with E-state index in [1.807, 2.05) is 6.07 Å². The molecule has 0 spiro atoms. The number of nitriles is 1. The lowest BCUT2D eigenvalue weighted by Gasteiger charge is -2.06. The lowest BCUT2D eigenvalue weighted by Crippen LogP contribution is -1.98. The van der Waals surface area contributed by atoms with Gasteiger partial charge in [0.15, 0.2) is 0 Å². The third kappa shape index (κ3) is 3.05. The van der Waals surface area contributed by atoms with Gasteiger partial charge in [0, 0.05) is 6.20 Å². The molecule has 0 saturated carbocycles. The highest BCUT2D eigenvalue weighted by Gasteiger charge is 2.02. The summed E-state index contributed by atoms with van der Waals surface area (Å²) in [6.07, 6.45) is 1.55. The first kappa shape index (κ1) is 12.5. The second kappa shape index (κ2) is 5.61. The van der Waals surface area contributed by atoms with Crippen molar-refractivity contribution in [2.24, 2.45) is 0 Å². The van der Waals surface area contributed by atoms with Crippen LogP contribution < -0.4 is 4.74 Å². The van der Waals surface area contributed by atoms with Crippen molar-refractivity contribution in [3.8, 4) is 11.8 Å². The minimum atomic E-state index is -0.341. The van der Waals surface area contributed by atoms with Gasteiger partial charge in [0.05, 0.1) is 21.8 Å². The Morgan fingerprint density at radius 3 is 2.89 bits per heavy atom. The molecule has 0 aliphatic rings. The van der Waals surface area contributed by atoms with E-state index in [0.717, 1.165) is 0 Å². The second-order valence-corrected chi connectivity index (χ2v) is 4.37. The van der Waals surface area contributed by atoms with E-state index < -0.39 is 0 Å². The summed E-state index contributed by atoms with van der Waals surface area (Å²) in [5, 5.41) is 8.75. The molecule has 0 aliphatic carbocycles. The monoisotopic (exact) mass is 306 g/mol. The molecule has 90 valence electrons. The van der Waals surface area contributed by atoms with Crippen LogP contribution in [-0.2, 0) is 6.61 Å². The molecule has 3 nitrogen and oxygen atoms in total. The topological polar surface area (TPSA) is 45.9 Å². The number of hydrogen-bond donors (Lipinski definition) is 0. The Morgan fingerprint density at radius 1 is 1.33 bits per heavy atom. The number of benzene rings is 1. The summed E-state index contributed by atoms with van der Waals surface area (Å²) in [6.45, 7) is 0.230. The molecular formula is C13H8BrFN2O. The molecule has 0 aliphatic heterocycles. The van der Waals surface area contributed by atoms with Gasteiger partial charge in [-0.2, -0.15) is 5.26 Å². The van der Waals surface area contributed by atoms with Crippen molar-refractivity contribution in [2.45, 2.75) is 6.61 Å². The molecule has 5 heteroatoms. The van der Waals surface area contributed by atoms with Crippen LogP contribution in [0.2, 0.25) is 0 Å². The van der Waals surface area contributed by atoms with Gasteiger partial charge in [0.1, 0.15) is 18.2 Å². The SMILES string of the molecule is N#Cc1ccnc(COc2ccc(F)c(Br)c2)c1. The van der Waals surface area contributed by atoms with Crippen molar-refractivity contribution in [3.05, 3.63) is 58.1 Å². The van der Waals surface area contributed by atoms with Crippen LogP contribution in [-0.4, -0.2) is 4.98 Å². The summed E-state index contributed by atoms with van der Waals surface area (Å²) < 4.78 is 18.8. The lowest BCUT2D eigenvalue weighted by atomic mass is 10.2. The van der Waals surface area contributed by atoms with Crippen molar-refractivity contribution in [1.82, 2.24) is 4.98 Å². The van der Waals surface area contributed by atoms with Crippen LogP contribution in [0.3, 0.4) is 0 Å². The normalized spacial score (nSPS) is 9.83. The summed E-state index contributed by atoms with van der Waals surface area (Å²) in [5.41, 5.74) is 1.18. The smallest absolute Gasteiger partial charge is 0.137 e. The Bertz CT molecular complexity index is 610. The maximum absolute atomic E-state index is 13.0. The van der Waals surface area contributed by atoms with Crippen molar-refractivity contribution in [3.63, 3.8) is 0 Å². The quantitative estimate of drug-likeness (QED) is 0.872. The van der Waals surface area contributed by atoms with E-state index in [4.69, 9.17) is 10.00 Å². The van der Waals surface area contributed by atoms with Crippen LogP contribution in [0.15, 0.2) is 41.0 Å². The van der Waals surface area contributed by atoms with Gasteiger partial charge < -0.3 is 4.74 Å². The van der Waals surface area contributed by atoms with E-state index in [-0.39, 0.29) is 12.4 Å². The van der Waals surface area contributed by atoms with Crippen LogP contribution in [0.1, 0.15) is 11.3 Å². The number of aromatic nitrogens is 1. The number of halogens is 2. The fraction of sp³-hybridized carbons (Fsp3) is 0.0769. The van der Waals surface area contributed by atoms with Crippen LogP contribution in [0, 0.1) is 17.1 Å². The molecule has 0 radical (unpaired) electrons. The molecule has 0 atom stereocenters. The van der Waals surface area contributed by atoms with Gasteiger partial charge in [-0.15, -0.1) is 0 Å². The number of nitrogens with zero attached hydrogens (tertiary/aromatic N) is 2. The lowest BCUT2D eigenvalue weighted by molar-refractivity contribution is 0.300. The van der Waals surface area contributed by atoms with Crippen molar-refractivity contribution >= 4 is 15.9 Å². The highest BCUT2D eigenvalue weighted by molar-refractivity contribution is 9.10. The fourth-order valence-corrected chi connectivity index (χ4v) is 1.71. The molecule has 1 aromatic heterocycles. The summed E-state index contributed by atoms with van der Waals surface area (Å²) in [6, 6.07) is 9.70. The standard InChI is InChI=1S/C13H8BrFN2O/c14-12-6-11(1-2-13(12)15)18-8-10-5-9(7-16)3-4-17-10/h1-6H,8H2. The Hall–Kier alpha value is -1.93. The van der Waals surface area contributed by atoms with Crippen molar-refractivity contribution < 1.29 is 9.13 Å². The van der Waals surface area contributed by atoms with Crippen LogP contribution in [0.4, 0.5) is 4.39 Å². The Kier molecular flexibility index (Phi) is 3.90. The molecule has 0 unspecified atom stereocenters. The zero-order valence-electron chi connectivity index (χ0n) is 9.23. The molecule has 0 amide bonds. The summed E-state index contributed by atoms with van der Waals surface area (Å²) in [4.78, 5) is 4.08. The maximum atomic E-state index is 13.0.